The number of hydrogen-bond donors (Lipinski definition) is 2. The first-order chi connectivity index (χ1) is 11.7. The molecule has 0 aromatic heterocycles. The highest BCUT2D eigenvalue weighted by atomic mass is 19.1. The van der Waals surface area contributed by atoms with E-state index in [9.17, 15) is 14.0 Å². The number of nitrogens with two attached hydrogens (primary N) is 1. The standard InChI is InChI=1S/C19H28FN3O2/c1-19(2,3)17(13-6-4-8-15(20)10-13)22-11-16(24)23-9-5-7-14(12-23)18(21)25/h4,6,8,10,14,17,22H,5,7,9,11-12H2,1-3H3,(H2,21,25). The van der Waals surface area contributed by atoms with Crippen LogP contribution < -0.4 is 11.1 Å². The van der Waals surface area contributed by atoms with E-state index >= 15 is 0 Å². The SMILES string of the molecule is CC(C)(C)C(NCC(=O)N1CCCC(C(N)=O)C1)c1cccc(F)c1. The molecule has 0 spiro atoms. The average molecular weight is 349 g/mol. The van der Waals surface area contributed by atoms with Crippen molar-refractivity contribution in [2.75, 3.05) is 19.6 Å². The van der Waals surface area contributed by atoms with E-state index in [-0.39, 0.29) is 41.6 Å². The predicted octanol–water partition coefficient (Wildman–Crippen LogP) is 2.23. The topological polar surface area (TPSA) is 75.4 Å². The number of amides is 2. The third-order valence-electron chi connectivity index (χ3n) is 4.68. The molecule has 1 saturated heterocycles. The lowest BCUT2D eigenvalue weighted by Crippen LogP contribution is -2.48. The normalized spacial score (nSPS) is 19.5. The molecule has 0 radical (unpaired) electrons. The van der Waals surface area contributed by atoms with Gasteiger partial charge in [-0.05, 0) is 36.0 Å². The molecule has 5 nitrogen and oxygen atoms in total. The van der Waals surface area contributed by atoms with Gasteiger partial charge >= 0.3 is 0 Å². The van der Waals surface area contributed by atoms with Crippen molar-refractivity contribution < 1.29 is 14.0 Å². The fraction of sp³-hybridized carbons (Fsp3) is 0.579. The predicted molar refractivity (Wildman–Crippen MR) is 95.1 cm³/mol. The van der Waals surface area contributed by atoms with Crippen molar-refractivity contribution in [1.82, 2.24) is 10.2 Å². The molecule has 1 heterocycles. The van der Waals surface area contributed by atoms with Gasteiger partial charge in [0.1, 0.15) is 5.82 Å². The van der Waals surface area contributed by atoms with Crippen LogP contribution in [0.4, 0.5) is 4.39 Å². The Kier molecular flexibility index (Phi) is 6.16. The van der Waals surface area contributed by atoms with Gasteiger partial charge in [0.15, 0.2) is 0 Å². The Hall–Kier alpha value is -1.95. The quantitative estimate of drug-likeness (QED) is 0.856. The molecule has 0 bridgehead atoms. The number of carbonyl (C=O) groups is 2. The molecule has 3 N–H and O–H groups in total. The summed E-state index contributed by atoms with van der Waals surface area (Å²) in [7, 11) is 0. The van der Waals surface area contributed by atoms with E-state index < -0.39 is 0 Å². The number of piperidine rings is 1. The number of nitrogens with one attached hydrogen (secondary N) is 1. The van der Waals surface area contributed by atoms with Gasteiger partial charge < -0.3 is 16.0 Å². The van der Waals surface area contributed by atoms with Crippen molar-refractivity contribution in [3.63, 3.8) is 0 Å². The maximum atomic E-state index is 13.6. The molecule has 1 aliphatic rings. The summed E-state index contributed by atoms with van der Waals surface area (Å²) in [5.74, 6) is -0.964. The van der Waals surface area contributed by atoms with Crippen molar-refractivity contribution in [1.29, 1.82) is 0 Å². The third kappa shape index (κ3) is 5.26. The van der Waals surface area contributed by atoms with Gasteiger partial charge in [-0.1, -0.05) is 32.9 Å². The van der Waals surface area contributed by atoms with Crippen LogP contribution in [0.3, 0.4) is 0 Å². The highest BCUT2D eigenvalue weighted by Crippen LogP contribution is 2.32. The van der Waals surface area contributed by atoms with Crippen LogP contribution in [-0.2, 0) is 9.59 Å². The summed E-state index contributed by atoms with van der Waals surface area (Å²) < 4.78 is 13.6. The Morgan fingerprint density at radius 3 is 2.72 bits per heavy atom. The summed E-state index contributed by atoms with van der Waals surface area (Å²) >= 11 is 0. The summed E-state index contributed by atoms with van der Waals surface area (Å²) in [6.07, 6.45) is 1.52. The van der Waals surface area contributed by atoms with Gasteiger partial charge in [0.25, 0.3) is 0 Å². The maximum Gasteiger partial charge on any atom is 0.236 e. The largest absolute Gasteiger partial charge is 0.369 e. The van der Waals surface area contributed by atoms with Crippen LogP contribution in [0.5, 0.6) is 0 Å². The summed E-state index contributed by atoms with van der Waals surface area (Å²) in [4.78, 5) is 25.6. The van der Waals surface area contributed by atoms with Crippen molar-refractivity contribution in [3.8, 4) is 0 Å². The van der Waals surface area contributed by atoms with Crippen LogP contribution in [0.2, 0.25) is 0 Å². The van der Waals surface area contributed by atoms with Gasteiger partial charge in [0.2, 0.25) is 11.8 Å². The maximum absolute atomic E-state index is 13.6. The van der Waals surface area contributed by atoms with E-state index in [4.69, 9.17) is 5.73 Å². The molecule has 25 heavy (non-hydrogen) atoms. The van der Waals surface area contributed by atoms with Gasteiger partial charge in [0, 0.05) is 19.1 Å². The number of benzene rings is 1. The average Bonchev–Trinajstić information content (AvgIpc) is 2.53. The smallest absolute Gasteiger partial charge is 0.236 e. The number of halogens is 1. The molecule has 0 aliphatic carbocycles. The van der Waals surface area contributed by atoms with E-state index in [0.29, 0.717) is 13.1 Å². The zero-order chi connectivity index (χ0) is 18.6. The zero-order valence-corrected chi connectivity index (χ0v) is 15.2. The Labute approximate surface area is 148 Å². The molecule has 1 fully saturated rings. The molecule has 2 atom stereocenters. The van der Waals surface area contributed by atoms with Gasteiger partial charge in [-0.2, -0.15) is 0 Å². The molecule has 1 aliphatic heterocycles. The fourth-order valence-corrected chi connectivity index (χ4v) is 3.35. The number of hydrogen-bond acceptors (Lipinski definition) is 3. The van der Waals surface area contributed by atoms with Gasteiger partial charge in [-0.15, -0.1) is 0 Å². The van der Waals surface area contributed by atoms with Crippen LogP contribution in [0.15, 0.2) is 24.3 Å². The number of nitrogens with zero attached hydrogens (tertiary/aromatic N) is 1. The monoisotopic (exact) mass is 349 g/mol. The zero-order valence-electron chi connectivity index (χ0n) is 15.2. The first-order valence-electron chi connectivity index (χ1n) is 8.74. The van der Waals surface area contributed by atoms with Crippen molar-refractivity contribution in [3.05, 3.63) is 35.6 Å². The first kappa shape index (κ1) is 19.4. The highest BCUT2D eigenvalue weighted by Gasteiger charge is 2.30. The Morgan fingerprint density at radius 2 is 2.12 bits per heavy atom. The number of primary amides is 1. The van der Waals surface area contributed by atoms with Crippen LogP contribution >= 0.6 is 0 Å². The van der Waals surface area contributed by atoms with Crippen LogP contribution in [-0.4, -0.2) is 36.3 Å². The van der Waals surface area contributed by atoms with Gasteiger partial charge in [-0.25, -0.2) is 4.39 Å². The lowest BCUT2D eigenvalue weighted by molar-refractivity contribution is -0.134. The molecule has 1 aromatic rings. The van der Waals surface area contributed by atoms with Crippen molar-refractivity contribution in [2.45, 2.75) is 39.7 Å². The van der Waals surface area contributed by atoms with E-state index in [2.05, 4.69) is 5.32 Å². The third-order valence-corrected chi connectivity index (χ3v) is 4.68. The minimum absolute atomic E-state index is 0.0587. The molecule has 1 aromatic carbocycles. The van der Waals surface area contributed by atoms with Gasteiger partial charge in [0.05, 0.1) is 12.5 Å². The van der Waals surface area contributed by atoms with Crippen molar-refractivity contribution in [2.24, 2.45) is 17.1 Å². The van der Waals surface area contributed by atoms with Crippen molar-refractivity contribution >= 4 is 11.8 Å². The molecule has 0 saturated carbocycles. The second-order valence-corrected chi connectivity index (χ2v) is 7.82. The second kappa shape index (κ2) is 7.95. The molecular formula is C19H28FN3O2. The first-order valence-corrected chi connectivity index (χ1v) is 8.74. The minimum Gasteiger partial charge on any atom is -0.369 e. The Balaban J connectivity index is 2.03. The molecule has 6 heteroatoms. The number of carbonyl (C=O) groups excluding carboxylic acids is 2. The highest BCUT2D eigenvalue weighted by molar-refractivity contribution is 5.81. The Bertz CT molecular complexity index is 627. The van der Waals surface area contributed by atoms with Crippen LogP contribution in [0.25, 0.3) is 0 Å². The van der Waals surface area contributed by atoms with E-state index in [0.717, 1.165) is 18.4 Å². The summed E-state index contributed by atoms with van der Waals surface area (Å²) in [5.41, 5.74) is 6.00. The molecule has 2 rings (SSSR count). The molecule has 2 amide bonds. The molecule has 138 valence electrons. The summed E-state index contributed by atoms with van der Waals surface area (Å²) in [5, 5.41) is 3.27. The van der Waals surface area contributed by atoms with E-state index in [1.165, 1.54) is 12.1 Å². The number of likely N-dealkylation sites (tertiary alicyclic amines) is 1. The molecular weight excluding hydrogens is 321 g/mol. The van der Waals surface area contributed by atoms with Crippen LogP contribution in [0, 0.1) is 17.2 Å². The number of rotatable bonds is 5. The lowest BCUT2D eigenvalue weighted by atomic mass is 9.82. The van der Waals surface area contributed by atoms with Crippen LogP contribution in [0.1, 0.15) is 45.2 Å². The summed E-state index contributed by atoms with van der Waals surface area (Å²) in [6.45, 7) is 7.31. The minimum atomic E-state index is -0.349. The summed E-state index contributed by atoms with van der Waals surface area (Å²) in [6, 6.07) is 6.28. The Morgan fingerprint density at radius 1 is 1.40 bits per heavy atom. The second-order valence-electron chi connectivity index (χ2n) is 7.82. The fourth-order valence-electron chi connectivity index (χ4n) is 3.35. The van der Waals surface area contributed by atoms with E-state index in [1.807, 2.05) is 26.8 Å². The van der Waals surface area contributed by atoms with E-state index in [1.54, 1.807) is 11.0 Å². The molecule has 2 unspecified atom stereocenters. The lowest BCUT2D eigenvalue weighted by Gasteiger charge is -2.34. The van der Waals surface area contributed by atoms with Gasteiger partial charge in [-0.3, -0.25) is 9.59 Å².